The zero-order valence-electron chi connectivity index (χ0n) is 10.7. The van der Waals surface area contributed by atoms with Gasteiger partial charge in [0.15, 0.2) is 0 Å². The summed E-state index contributed by atoms with van der Waals surface area (Å²) in [5, 5.41) is 12.2. The van der Waals surface area contributed by atoms with E-state index < -0.39 is 12.0 Å². The summed E-state index contributed by atoms with van der Waals surface area (Å²) >= 11 is 6.08. The van der Waals surface area contributed by atoms with E-state index in [4.69, 9.17) is 21.4 Å². The first kappa shape index (κ1) is 14.8. The van der Waals surface area contributed by atoms with Gasteiger partial charge in [0, 0.05) is 6.54 Å². The van der Waals surface area contributed by atoms with Crippen LogP contribution in [-0.2, 0) is 11.3 Å². The quantitative estimate of drug-likeness (QED) is 0.835. The molecule has 1 aromatic carbocycles. The Bertz CT molecular complexity index is 421. The summed E-state index contributed by atoms with van der Waals surface area (Å²) < 4.78 is 5.52. The Morgan fingerprint density at radius 2 is 2.11 bits per heavy atom. The molecule has 0 radical (unpaired) electrons. The minimum Gasteiger partial charge on any atom is -0.489 e. The lowest BCUT2D eigenvalue weighted by Gasteiger charge is -2.13. The first-order valence-corrected chi connectivity index (χ1v) is 6.19. The van der Waals surface area contributed by atoms with Crippen molar-refractivity contribution >= 4 is 17.6 Å². The summed E-state index contributed by atoms with van der Waals surface area (Å²) in [5.41, 5.74) is 0.921. The molecule has 0 fully saturated rings. The number of ether oxygens (including phenoxy) is 1. The van der Waals surface area contributed by atoms with Crippen molar-refractivity contribution in [2.45, 2.75) is 39.5 Å². The molecule has 0 spiro atoms. The van der Waals surface area contributed by atoms with Crippen LogP contribution in [-0.4, -0.2) is 23.2 Å². The highest BCUT2D eigenvalue weighted by Crippen LogP contribution is 2.26. The summed E-state index contributed by atoms with van der Waals surface area (Å²) in [6.07, 6.45) is 0.0681. The molecule has 1 aromatic rings. The lowest BCUT2D eigenvalue weighted by Crippen LogP contribution is -2.33. The van der Waals surface area contributed by atoms with Crippen molar-refractivity contribution in [2.24, 2.45) is 0 Å². The zero-order chi connectivity index (χ0) is 13.7. The van der Waals surface area contributed by atoms with Crippen LogP contribution in [0.15, 0.2) is 18.2 Å². The Balaban J connectivity index is 2.64. The van der Waals surface area contributed by atoms with Crippen molar-refractivity contribution in [3.05, 3.63) is 28.8 Å². The molecule has 100 valence electrons. The van der Waals surface area contributed by atoms with Gasteiger partial charge in [-0.3, -0.25) is 4.79 Å². The van der Waals surface area contributed by atoms with Crippen LogP contribution in [0.5, 0.6) is 5.75 Å². The van der Waals surface area contributed by atoms with Crippen LogP contribution in [0.3, 0.4) is 0 Å². The molecule has 4 nitrogen and oxygen atoms in total. The van der Waals surface area contributed by atoms with E-state index in [1.54, 1.807) is 19.1 Å². The molecule has 0 heterocycles. The molecule has 0 aromatic heterocycles. The van der Waals surface area contributed by atoms with E-state index in [2.05, 4.69) is 5.32 Å². The van der Waals surface area contributed by atoms with Crippen molar-refractivity contribution in [3.8, 4) is 5.75 Å². The second-order valence-electron chi connectivity index (χ2n) is 4.37. The maximum atomic E-state index is 10.7. The molecule has 1 atom stereocenters. The third kappa shape index (κ3) is 4.55. The molecule has 2 N–H and O–H groups in total. The molecule has 0 aliphatic heterocycles. The van der Waals surface area contributed by atoms with E-state index in [9.17, 15) is 4.79 Å². The lowest BCUT2D eigenvalue weighted by molar-refractivity contribution is -0.139. The molecule has 0 aliphatic rings. The Hall–Kier alpha value is -1.26. The fourth-order valence-electron chi connectivity index (χ4n) is 1.36. The average Bonchev–Trinajstić information content (AvgIpc) is 2.28. The first-order valence-electron chi connectivity index (χ1n) is 5.81. The maximum absolute atomic E-state index is 10.7. The number of carboxylic acids is 1. The van der Waals surface area contributed by atoms with Crippen LogP contribution in [0.25, 0.3) is 0 Å². The highest BCUT2D eigenvalue weighted by molar-refractivity contribution is 6.32. The molecule has 0 bridgehead atoms. The first-order chi connectivity index (χ1) is 8.40. The highest BCUT2D eigenvalue weighted by atomic mass is 35.5. The summed E-state index contributed by atoms with van der Waals surface area (Å²) in [6.45, 7) is 5.91. The van der Waals surface area contributed by atoms with Gasteiger partial charge in [0.25, 0.3) is 0 Å². The van der Waals surface area contributed by atoms with Crippen LogP contribution in [0.1, 0.15) is 26.3 Å². The van der Waals surface area contributed by atoms with Crippen molar-refractivity contribution in [1.29, 1.82) is 0 Å². The molecule has 1 rings (SSSR count). The van der Waals surface area contributed by atoms with Crippen LogP contribution in [0.2, 0.25) is 5.02 Å². The predicted octanol–water partition coefficient (Wildman–Crippen LogP) is 2.69. The van der Waals surface area contributed by atoms with Gasteiger partial charge in [0.1, 0.15) is 11.8 Å². The number of carbonyl (C=O) groups is 1. The minimum atomic E-state index is -0.874. The Morgan fingerprint density at radius 1 is 1.44 bits per heavy atom. The smallest absolute Gasteiger partial charge is 0.320 e. The number of benzene rings is 1. The van der Waals surface area contributed by atoms with Crippen molar-refractivity contribution in [2.75, 3.05) is 0 Å². The van der Waals surface area contributed by atoms with Gasteiger partial charge < -0.3 is 15.2 Å². The maximum Gasteiger partial charge on any atom is 0.320 e. The summed E-state index contributed by atoms with van der Waals surface area (Å²) in [4.78, 5) is 10.7. The molecule has 1 unspecified atom stereocenters. The molecular formula is C13H18ClNO3. The van der Waals surface area contributed by atoms with Crippen LogP contribution in [0.4, 0.5) is 0 Å². The van der Waals surface area contributed by atoms with Gasteiger partial charge in [-0.1, -0.05) is 17.7 Å². The van der Waals surface area contributed by atoms with E-state index in [1.807, 2.05) is 19.9 Å². The molecule has 18 heavy (non-hydrogen) atoms. The van der Waals surface area contributed by atoms with Gasteiger partial charge in [-0.25, -0.2) is 0 Å². The zero-order valence-corrected chi connectivity index (χ0v) is 11.5. The highest BCUT2D eigenvalue weighted by Gasteiger charge is 2.10. The average molecular weight is 272 g/mol. The predicted molar refractivity (Wildman–Crippen MR) is 71.2 cm³/mol. The minimum absolute atomic E-state index is 0.0681. The van der Waals surface area contributed by atoms with E-state index in [0.29, 0.717) is 17.3 Å². The van der Waals surface area contributed by atoms with Crippen molar-refractivity contribution < 1.29 is 14.6 Å². The number of rotatable bonds is 6. The monoisotopic (exact) mass is 271 g/mol. The SMILES string of the molecule is CC(C)Oc1ccc(CNC(C)C(=O)O)cc1Cl. The Kier molecular flexibility index (Phi) is 5.44. The van der Waals surface area contributed by atoms with E-state index in [1.165, 1.54) is 0 Å². The van der Waals surface area contributed by atoms with Crippen LogP contribution in [0, 0.1) is 0 Å². The van der Waals surface area contributed by atoms with Gasteiger partial charge in [0.2, 0.25) is 0 Å². The summed E-state index contributed by atoms with van der Waals surface area (Å²) in [5.74, 6) is -0.234. The van der Waals surface area contributed by atoms with Gasteiger partial charge >= 0.3 is 5.97 Å². The fraction of sp³-hybridized carbons (Fsp3) is 0.462. The number of carboxylic acid groups (broad SMARTS) is 1. The van der Waals surface area contributed by atoms with Crippen LogP contribution >= 0.6 is 11.6 Å². The van der Waals surface area contributed by atoms with E-state index in [0.717, 1.165) is 5.56 Å². The molecule has 0 saturated carbocycles. The fourth-order valence-corrected chi connectivity index (χ4v) is 1.61. The standard InChI is InChI=1S/C13H18ClNO3/c1-8(2)18-12-5-4-10(6-11(12)14)7-15-9(3)13(16)17/h4-6,8-9,15H,7H2,1-3H3,(H,16,17). The second kappa shape index (κ2) is 6.61. The Labute approximate surface area is 112 Å². The number of nitrogens with one attached hydrogen (secondary N) is 1. The van der Waals surface area contributed by atoms with E-state index in [-0.39, 0.29) is 6.10 Å². The van der Waals surface area contributed by atoms with Crippen LogP contribution < -0.4 is 10.1 Å². The number of halogens is 1. The molecular weight excluding hydrogens is 254 g/mol. The molecule has 0 saturated heterocycles. The topological polar surface area (TPSA) is 58.6 Å². The van der Waals surface area contributed by atoms with Gasteiger partial charge in [-0.15, -0.1) is 0 Å². The number of hydrogen-bond acceptors (Lipinski definition) is 3. The molecule has 0 amide bonds. The number of aliphatic carboxylic acids is 1. The lowest BCUT2D eigenvalue weighted by atomic mass is 10.2. The second-order valence-corrected chi connectivity index (χ2v) is 4.78. The Morgan fingerprint density at radius 3 is 2.61 bits per heavy atom. The van der Waals surface area contributed by atoms with Gasteiger partial charge in [-0.05, 0) is 38.5 Å². The third-order valence-corrected chi connectivity index (χ3v) is 2.64. The van der Waals surface area contributed by atoms with Gasteiger partial charge in [0.05, 0.1) is 11.1 Å². The largest absolute Gasteiger partial charge is 0.489 e. The van der Waals surface area contributed by atoms with E-state index >= 15 is 0 Å². The summed E-state index contributed by atoms with van der Waals surface area (Å²) in [7, 11) is 0. The van der Waals surface area contributed by atoms with Crippen molar-refractivity contribution in [1.82, 2.24) is 5.32 Å². The summed E-state index contributed by atoms with van der Waals surface area (Å²) in [6, 6.07) is 4.85. The molecule has 0 aliphatic carbocycles. The van der Waals surface area contributed by atoms with Gasteiger partial charge in [-0.2, -0.15) is 0 Å². The van der Waals surface area contributed by atoms with Crippen molar-refractivity contribution in [3.63, 3.8) is 0 Å². The normalized spacial score (nSPS) is 12.5. The third-order valence-electron chi connectivity index (χ3n) is 2.34. The number of hydrogen-bond donors (Lipinski definition) is 2. The molecule has 5 heteroatoms.